The summed E-state index contributed by atoms with van der Waals surface area (Å²) in [4.78, 5) is 0. The fourth-order valence-electron chi connectivity index (χ4n) is 0.484. The molecule has 0 heterocycles. The highest BCUT2D eigenvalue weighted by molar-refractivity contribution is 7.83. The summed E-state index contributed by atoms with van der Waals surface area (Å²) in [6, 6.07) is 0. The van der Waals surface area contributed by atoms with E-state index in [9.17, 15) is 0 Å². The molecule has 0 radical (unpaired) electrons. The van der Waals surface area contributed by atoms with E-state index in [1.165, 1.54) is 0 Å². The van der Waals surface area contributed by atoms with Gasteiger partial charge in [-0.3, -0.25) is 0 Å². The Balaban J connectivity index is 3.62. The van der Waals surface area contributed by atoms with Gasteiger partial charge in [0.2, 0.25) is 0 Å². The summed E-state index contributed by atoms with van der Waals surface area (Å²) in [6.07, 6.45) is 15.3. The van der Waals surface area contributed by atoms with E-state index < -0.39 is 0 Å². The van der Waals surface area contributed by atoms with Gasteiger partial charge in [0, 0.05) is 0 Å². The monoisotopic (exact) mass is 196 g/mol. The van der Waals surface area contributed by atoms with E-state index >= 15 is 0 Å². The molecule has 0 atom stereocenters. The van der Waals surface area contributed by atoms with Crippen molar-refractivity contribution in [2.24, 2.45) is 0 Å². The van der Waals surface area contributed by atoms with Crippen LogP contribution in [0, 0.1) is 0 Å². The van der Waals surface area contributed by atoms with Crippen molar-refractivity contribution in [3.63, 3.8) is 0 Å². The molecule has 0 spiro atoms. The second-order valence-corrected chi connectivity index (χ2v) is 2.43. The summed E-state index contributed by atoms with van der Waals surface area (Å²) >= 11 is 7.81. The zero-order chi connectivity index (χ0) is 9.07. The molecule has 0 aromatic heterocycles. The van der Waals surface area contributed by atoms with Gasteiger partial charge in [0.15, 0.2) is 0 Å². The predicted molar refractivity (Wildman–Crippen MR) is 63.7 cm³/mol. The van der Waals surface area contributed by atoms with E-state index in [0.29, 0.717) is 0 Å². The third-order valence-corrected chi connectivity index (χ3v) is 1.29. The van der Waals surface area contributed by atoms with Crippen LogP contribution in [-0.2, 0) is 0 Å². The second kappa shape index (κ2) is 10.4. The Morgan fingerprint density at radius 2 is 0.667 bits per heavy atom. The topological polar surface area (TPSA) is 0 Å². The van der Waals surface area contributed by atoms with E-state index in [2.05, 4.69) is 25.3 Å². The minimum Gasteiger partial charge on any atom is -0.151 e. The molecule has 0 aliphatic carbocycles. The van der Waals surface area contributed by atoms with Gasteiger partial charge in [0.25, 0.3) is 0 Å². The van der Waals surface area contributed by atoms with Crippen molar-refractivity contribution in [2.45, 2.75) is 0 Å². The molecule has 0 N–H and O–H groups in total. The lowest BCUT2D eigenvalue weighted by Gasteiger charge is -1.72. The summed E-state index contributed by atoms with van der Waals surface area (Å²) in [6.45, 7) is 0. The number of rotatable bonds is 4. The van der Waals surface area contributed by atoms with Crippen LogP contribution in [0.4, 0.5) is 0 Å². The molecule has 0 aromatic carbocycles. The summed E-state index contributed by atoms with van der Waals surface area (Å²) in [5.74, 6) is 0. The maximum Gasteiger partial charge on any atom is -0.0324 e. The van der Waals surface area contributed by atoms with Crippen LogP contribution >= 0.6 is 25.3 Å². The number of hydrogen-bond donors (Lipinski definition) is 2. The van der Waals surface area contributed by atoms with Crippen molar-refractivity contribution in [1.82, 2.24) is 0 Å². The minimum atomic E-state index is 1.68. The lowest BCUT2D eigenvalue weighted by molar-refractivity contribution is 1.87. The predicted octanol–water partition coefficient (Wildman–Crippen LogP) is 3.54. The van der Waals surface area contributed by atoms with Crippen LogP contribution in [0.25, 0.3) is 0 Å². The van der Waals surface area contributed by atoms with Gasteiger partial charge in [-0.05, 0) is 10.8 Å². The first-order valence-electron chi connectivity index (χ1n) is 3.52. The first kappa shape index (κ1) is 11.4. The van der Waals surface area contributed by atoms with Crippen LogP contribution in [0.3, 0.4) is 0 Å². The molecule has 0 fully saturated rings. The number of hydrogen-bond acceptors (Lipinski definition) is 2. The molecule has 0 aliphatic rings. The average molecular weight is 196 g/mol. The molecule has 0 bridgehead atoms. The quantitative estimate of drug-likeness (QED) is 0.498. The molecular weight excluding hydrogens is 184 g/mol. The van der Waals surface area contributed by atoms with Crippen LogP contribution in [0.5, 0.6) is 0 Å². The maximum absolute atomic E-state index is 3.90. The highest BCUT2D eigenvalue weighted by Gasteiger charge is 1.61. The van der Waals surface area contributed by atoms with Crippen molar-refractivity contribution >= 4 is 25.3 Å². The highest BCUT2D eigenvalue weighted by atomic mass is 32.1. The van der Waals surface area contributed by atoms with Crippen molar-refractivity contribution in [2.75, 3.05) is 0 Å². The molecule has 0 saturated carbocycles. The Labute approximate surface area is 84.9 Å². The van der Waals surface area contributed by atoms with Crippen LogP contribution in [0.15, 0.2) is 59.4 Å². The normalized spacial score (nSPS) is 13.8. The zero-order valence-electron chi connectivity index (χ0n) is 6.67. The third kappa shape index (κ3) is 9.40. The SMILES string of the molecule is S\C=C/C=C\C=C\C=C\C=C\S. The molecule has 0 unspecified atom stereocenters. The standard InChI is InChI=1S/C10H12S2/c11-9-7-5-3-1-2-4-6-8-10-12/h1-12H/b2-1+,5-3-,6-4+,9-7-,10-8+. The summed E-state index contributed by atoms with van der Waals surface area (Å²) < 4.78 is 0. The second-order valence-electron chi connectivity index (χ2n) is 1.84. The van der Waals surface area contributed by atoms with Gasteiger partial charge in [-0.15, -0.1) is 0 Å². The molecule has 0 rings (SSSR count). The van der Waals surface area contributed by atoms with Gasteiger partial charge in [-0.2, -0.15) is 25.3 Å². The smallest absolute Gasteiger partial charge is 0.0324 e. The number of allylic oxidation sites excluding steroid dienone is 8. The van der Waals surface area contributed by atoms with E-state index in [-0.39, 0.29) is 0 Å². The first-order valence-corrected chi connectivity index (χ1v) is 4.55. The van der Waals surface area contributed by atoms with Crippen LogP contribution in [0.2, 0.25) is 0 Å². The third-order valence-electron chi connectivity index (χ3n) is 0.950. The van der Waals surface area contributed by atoms with Gasteiger partial charge in [0.05, 0.1) is 0 Å². The number of thiol groups is 2. The first-order chi connectivity index (χ1) is 5.91. The zero-order valence-corrected chi connectivity index (χ0v) is 8.46. The Kier molecular flexibility index (Phi) is 9.88. The van der Waals surface area contributed by atoms with E-state index in [1.807, 2.05) is 48.6 Å². The van der Waals surface area contributed by atoms with Gasteiger partial charge in [-0.1, -0.05) is 48.6 Å². The molecule has 0 nitrogen and oxygen atoms in total. The fourth-order valence-corrected chi connectivity index (χ4v) is 0.683. The van der Waals surface area contributed by atoms with Gasteiger partial charge in [-0.25, -0.2) is 0 Å². The van der Waals surface area contributed by atoms with Gasteiger partial charge >= 0.3 is 0 Å². The molecule has 0 amide bonds. The molecular formula is C10H12S2. The molecule has 0 aliphatic heterocycles. The fraction of sp³-hybridized carbons (Fsp3) is 0. The van der Waals surface area contributed by atoms with Crippen LogP contribution in [0.1, 0.15) is 0 Å². The highest BCUT2D eigenvalue weighted by Crippen LogP contribution is 1.85. The van der Waals surface area contributed by atoms with E-state index in [0.717, 1.165) is 0 Å². The summed E-state index contributed by atoms with van der Waals surface area (Å²) in [7, 11) is 0. The van der Waals surface area contributed by atoms with Crippen molar-refractivity contribution < 1.29 is 0 Å². The van der Waals surface area contributed by atoms with Crippen LogP contribution < -0.4 is 0 Å². The molecule has 0 aromatic rings. The Hall–Kier alpha value is -0.600. The summed E-state index contributed by atoms with van der Waals surface area (Å²) in [5, 5.41) is 3.37. The Bertz CT molecular complexity index is 196. The molecule has 2 heteroatoms. The largest absolute Gasteiger partial charge is 0.151 e. The minimum absolute atomic E-state index is 1.68. The Morgan fingerprint density at radius 1 is 0.417 bits per heavy atom. The molecule has 12 heavy (non-hydrogen) atoms. The van der Waals surface area contributed by atoms with Crippen molar-refractivity contribution in [1.29, 1.82) is 0 Å². The van der Waals surface area contributed by atoms with Crippen molar-refractivity contribution in [3.05, 3.63) is 59.4 Å². The van der Waals surface area contributed by atoms with Gasteiger partial charge in [0.1, 0.15) is 0 Å². The maximum atomic E-state index is 3.90. The van der Waals surface area contributed by atoms with Crippen molar-refractivity contribution in [3.8, 4) is 0 Å². The Morgan fingerprint density at radius 3 is 0.917 bits per heavy atom. The van der Waals surface area contributed by atoms with Crippen LogP contribution in [-0.4, -0.2) is 0 Å². The van der Waals surface area contributed by atoms with E-state index in [1.54, 1.807) is 10.8 Å². The molecule has 0 saturated heterocycles. The molecule has 64 valence electrons. The van der Waals surface area contributed by atoms with Gasteiger partial charge < -0.3 is 0 Å². The lowest BCUT2D eigenvalue weighted by atomic mass is 10.4. The lowest BCUT2D eigenvalue weighted by Crippen LogP contribution is -1.50. The average Bonchev–Trinajstić information content (AvgIpc) is 2.10. The van der Waals surface area contributed by atoms with E-state index in [4.69, 9.17) is 0 Å². The summed E-state index contributed by atoms with van der Waals surface area (Å²) in [5.41, 5.74) is 0.